The molecular formula is C54H34N2O. The van der Waals surface area contributed by atoms with E-state index >= 15 is 0 Å². The molecule has 0 saturated heterocycles. The zero-order valence-corrected chi connectivity index (χ0v) is 30.9. The largest absolute Gasteiger partial charge is 0.454 e. The molecule has 0 unspecified atom stereocenters. The molecule has 3 heterocycles. The fourth-order valence-electron chi connectivity index (χ4n) is 9.06. The van der Waals surface area contributed by atoms with E-state index in [9.17, 15) is 0 Å². The highest BCUT2D eigenvalue weighted by atomic mass is 16.3. The first kappa shape index (κ1) is 31.7. The summed E-state index contributed by atoms with van der Waals surface area (Å²) in [5.41, 5.74) is 15.8. The molecule has 0 saturated carbocycles. The van der Waals surface area contributed by atoms with Crippen LogP contribution in [0.2, 0.25) is 0 Å². The minimum Gasteiger partial charge on any atom is -0.454 e. The van der Waals surface area contributed by atoms with Gasteiger partial charge in [-0.1, -0.05) is 146 Å². The van der Waals surface area contributed by atoms with E-state index in [-0.39, 0.29) is 0 Å². The Hall–Kier alpha value is -7.62. The number of benzene rings is 9. The van der Waals surface area contributed by atoms with Gasteiger partial charge in [-0.3, -0.25) is 0 Å². The van der Waals surface area contributed by atoms with Crippen LogP contribution >= 0.6 is 0 Å². The lowest BCUT2D eigenvalue weighted by Crippen LogP contribution is -1.96. The van der Waals surface area contributed by atoms with E-state index in [2.05, 4.69) is 215 Å². The average Bonchev–Trinajstić information content (AvgIpc) is 3.94. The highest BCUT2D eigenvalue weighted by Crippen LogP contribution is 2.41. The summed E-state index contributed by atoms with van der Waals surface area (Å²) in [5, 5.41) is 7.14. The third-order valence-corrected chi connectivity index (χ3v) is 11.7. The molecule has 3 nitrogen and oxygen atoms in total. The molecule has 0 aliphatic rings. The van der Waals surface area contributed by atoms with Gasteiger partial charge in [-0.2, -0.15) is 0 Å². The Morgan fingerprint density at radius 3 is 1.49 bits per heavy atom. The van der Waals surface area contributed by atoms with Crippen LogP contribution in [0.3, 0.4) is 0 Å². The highest BCUT2D eigenvalue weighted by Gasteiger charge is 2.20. The van der Waals surface area contributed by atoms with E-state index in [1.165, 1.54) is 60.4 Å². The Balaban J connectivity index is 0.974. The summed E-state index contributed by atoms with van der Waals surface area (Å²) in [6.45, 7) is 0. The van der Waals surface area contributed by atoms with E-state index in [0.717, 1.165) is 49.9 Å². The molecule has 0 bridgehead atoms. The van der Waals surface area contributed by atoms with Crippen molar-refractivity contribution in [3.05, 3.63) is 206 Å². The standard InChI is InChI=1S/C54H34N2O/c1-2-12-35(13-3-1)36-24-26-37(27-25-36)38-14-10-15-39(32-38)40-28-31-53-47(33-40)45-19-11-23-52(54(45)57-53)56-50-22-9-6-18-44(50)46-34-41(29-30-51(46)56)55-48-20-7-4-16-42(48)43-17-5-8-21-49(43)55/h1-34H. The van der Waals surface area contributed by atoms with Crippen molar-refractivity contribution in [2.45, 2.75) is 0 Å². The Morgan fingerprint density at radius 1 is 0.281 bits per heavy atom. The molecule has 0 amide bonds. The van der Waals surface area contributed by atoms with Gasteiger partial charge in [0.1, 0.15) is 5.58 Å². The number of furan rings is 1. The first-order valence-electron chi connectivity index (χ1n) is 19.5. The third-order valence-electron chi connectivity index (χ3n) is 11.7. The quantitative estimate of drug-likeness (QED) is 0.173. The van der Waals surface area contributed by atoms with Crippen LogP contribution in [0.1, 0.15) is 0 Å². The number of fused-ring (bicyclic) bond motifs is 9. The van der Waals surface area contributed by atoms with Gasteiger partial charge in [-0.05, 0) is 94.0 Å². The van der Waals surface area contributed by atoms with Crippen LogP contribution in [0.15, 0.2) is 211 Å². The number of hydrogen-bond acceptors (Lipinski definition) is 1. The van der Waals surface area contributed by atoms with Crippen LogP contribution in [-0.2, 0) is 0 Å². The summed E-state index contributed by atoms with van der Waals surface area (Å²) in [7, 11) is 0. The zero-order chi connectivity index (χ0) is 37.5. The smallest absolute Gasteiger partial charge is 0.159 e. The Labute approximate surface area is 328 Å². The molecule has 3 heteroatoms. The molecule has 0 atom stereocenters. The van der Waals surface area contributed by atoms with Crippen molar-refractivity contribution in [2.75, 3.05) is 0 Å². The van der Waals surface area contributed by atoms with Gasteiger partial charge in [0.05, 0.1) is 27.8 Å². The highest BCUT2D eigenvalue weighted by molar-refractivity contribution is 6.14. The van der Waals surface area contributed by atoms with Crippen LogP contribution in [0.25, 0.3) is 110 Å². The average molecular weight is 727 g/mol. The van der Waals surface area contributed by atoms with Crippen molar-refractivity contribution >= 4 is 65.6 Å². The first-order valence-corrected chi connectivity index (χ1v) is 19.5. The predicted octanol–water partition coefficient (Wildman–Crippen LogP) is 14.8. The molecule has 57 heavy (non-hydrogen) atoms. The number of aromatic nitrogens is 2. The molecule has 0 N–H and O–H groups in total. The maximum absolute atomic E-state index is 6.79. The number of nitrogens with zero attached hydrogens (tertiary/aromatic N) is 2. The topological polar surface area (TPSA) is 23.0 Å². The molecule has 0 aliphatic heterocycles. The molecule has 0 radical (unpaired) electrons. The van der Waals surface area contributed by atoms with Crippen LogP contribution < -0.4 is 0 Å². The van der Waals surface area contributed by atoms with Gasteiger partial charge in [0.25, 0.3) is 0 Å². The second kappa shape index (κ2) is 12.5. The molecule has 266 valence electrons. The van der Waals surface area contributed by atoms with Gasteiger partial charge >= 0.3 is 0 Å². The monoisotopic (exact) mass is 726 g/mol. The summed E-state index contributed by atoms with van der Waals surface area (Å²) in [6.07, 6.45) is 0. The van der Waals surface area contributed by atoms with E-state index in [0.29, 0.717) is 0 Å². The molecule has 0 spiro atoms. The molecule has 3 aromatic heterocycles. The van der Waals surface area contributed by atoms with Gasteiger partial charge < -0.3 is 13.6 Å². The van der Waals surface area contributed by atoms with Gasteiger partial charge in [0.2, 0.25) is 0 Å². The summed E-state index contributed by atoms with van der Waals surface area (Å²) in [6, 6.07) is 74.3. The van der Waals surface area contributed by atoms with Gasteiger partial charge in [0, 0.05) is 38.0 Å². The summed E-state index contributed by atoms with van der Waals surface area (Å²) < 4.78 is 11.6. The molecule has 12 aromatic rings. The molecular weight excluding hydrogens is 693 g/mol. The summed E-state index contributed by atoms with van der Waals surface area (Å²) in [4.78, 5) is 0. The Bertz CT molecular complexity index is 3460. The van der Waals surface area contributed by atoms with Crippen molar-refractivity contribution in [3.8, 4) is 44.8 Å². The minimum absolute atomic E-state index is 0.878. The first-order chi connectivity index (χ1) is 28.3. The molecule has 12 rings (SSSR count). The maximum atomic E-state index is 6.79. The third kappa shape index (κ3) is 4.92. The Kier molecular flexibility index (Phi) is 6.93. The van der Waals surface area contributed by atoms with Gasteiger partial charge in [-0.25, -0.2) is 0 Å². The minimum atomic E-state index is 0.878. The van der Waals surface area contributed by atoms with Gasteiger partial charge in [-0.15, -0.1) is 0 Å². The van der Waals surface area contributed by atoms with Crippen molar-refractivity contribution in [1.29, 1.82) is 0 Å². The predicted molar refractivity (Wildman–Crippen MR) is 239 cm³/mol. The van der Waals surface area contributed by atoms with E-state index in [1.807, 2.05) is 0 Å². The number of para-hydroxylation sites is 4. The van der Waals surface area contributed by atoms with Crippen LogP contribution in [-0.4, -0.2) is 9.13 Å². The summed E-state index contributed by atoms with van der Waals surface area (Å²) >= 11 is 0. The van der Waals surface area contributed by atoms with Crippen molar-refractivity contribution in [3.63, 3.8) is 0 Å². The molecule has 0 aliphatic carbocycles. The van der Waals surface area contributed by atoms with Crippen LogP contribution in [0, 0.1) is 0 Å². The van der Waals surface area contributed by atoms with Crippen molar-refractivity contribution in [2.24, 2.45) is 0 Å². The van der Waals surface area contributed by atoms with E-state index in [4.69, 9.17) is 4.42 Å². The molecule has 0 fully saturated rings. The lowest BCUT2D eigenvalue weighted by atomic mass is 9.96. The van der Waals surface area contributed by atoms with Gasteiger partial charge in [0.15, 0.2) is 5.58 Å². The fraction of sp³-hybridized carbons (Fsp3) is 0. The zero-order valence-electron chi connectivity index (χ0n) is 30.9. The second-order valence-corrected chi connectivity index (χ2v) is 14.9. The van der Waals surface area contributed by atoms with Crippen molar-refractivity contribution in [1.82, 2.24) is 9.13 Å². The summed E-state index contributed by atoms with van der Waals surface area (Å²) in [5.74, 6) is 0. The van der Waals surface area contributed by atoms with Crippen molar-refractivity contribution < 1.29 is 4.42 Å². The van der Waals surface area contributed by atoms with E-state index < -0.39 is 0 Å². The van der Waals surface area contributed by atoms with E-state index in [1.54, 1.807) is 0 Å². The van der Waals surface area contributed by atoms with Crippen LogP contribution in [0.4, 0.5) is 0 Å². The molecule has 9 aromatic carbocycles. The maximum Gasteiger partial charge on any atom is 0.159 e. The number of hydrogen-bond donors (Lipinski definition) is 0. The van der Waals surface area contributed by atoms with Crippen LogP contribution in [0.5, 0.6) is 0 Å². The fourth-order valence-corrected chi connectivity index (χ4v) is 9.06. The lowest BCUT2D eigenvalue weighted by molar-refractivity contribution is 0.666. The lowest BCUT2D eigenvalue weighted by Gasteiger charge is -2.10. The Morgan fingerprint density at radius 2 is 0.772 bits per heavy atom. The normalized spacial score (nSPS) is 11.9. The second-order valence-electron chi connectivity index (χ2n) is 14.9. The SMILES string of the molecule is c1ccc(-c2ccc(-c3cccc(-c4ccc5oc6c(-n7c8ccccc8c8cc(-n9c%10ccccc%10c%10ccccc%109)ccc87)cccc6c5c4)c3)cc2)cc1. The number of rotatable bonds is 5.